The first-order valence-corrected chi connectivity index (χ1v) is 15.0. The van der Waals surface area contributed by atoms with Crippen LogP contribution in [-0.4, -0.2) is 85.9 Å². The molecule has 204 valence electrons. The van der Waals surface area contributed by atoms with E-state index in [1.54, 1.807) is 6.07 Å². The Hall–Kier alpha value is -2.58. The Morgan fingerprint density at radius 1 is 1.14 bits per heavy atom. The molecular formula is C23H30ClN3O8S2. The summed E-state index contributed by atoms with van der Waals surface area (Å²) in [6, 6.07) is 9.38. The fourth-order valence-corrected chi connectivity index (χ4v) is 6.50. The third-order valence-electron chi connectivity index (χ3n) is 5.57. The molecule has 1 saturated heterocycles. The van der Waals surface area contributed by atoms with E-state index in [0.717, 1.165) is 10.6 Å². The predicted molar refractivity (Wildman–Crippen MR) is 139 cm³/mol. The first-order valence-electron chi connectivity index (χ1n) is 11.4. The zero-order valence-electron chi connectivity index (χ0n) is 20.7. The predicted octanol–water partition coefficient (Wildman–Crippen LogP) is 1.72. The highest BCUT2D eigenvalue weighted by atomic mass is 35.5. The maximum atomic E-state index is 12.8. The van der Waals surface area contributed by atoms with Gasteiger partial charge in [0.25, 0.3) is 0 Å². The highest BCUT2D eigenvalue weighted by Gasteiger charge is 2.31. The van der Waals surface area contributed by atoms with E-state index in [4.69, 9.17) is 25.8 Å². The number of methoxy groups -OCH3 is 1. The van der Waals surface area contributed by atoms with Crippen molar-refractivity contribution in [2.45, 2.75) is 17.9 Å². The van der Waals surface area contributed by atoms with E-state index in [1.165, 1.54) is 54.7 Å². The van der Waals surface area contributed by atoms with Gasteiger partial charge in [-0.3, -0.25) is 9.10 Å². The average molecular weight is 576 g/mol. The fraction of sp³-hybridized carbons (Fsp3) is 0.435. The second-order valence-electron chi connectivity index (χ2n) is 8.18. The molecule has 3 rings (SSSR count). The van der Waals surface area contributed by atoms with Crippen molar-refractivity contribution in [3.63, 3.8) is 0 Å². The zero-order valence-corrected chi connectivity index (χ0v) is 23.1. The van der Waals surface area contributed by atoms with Gasteiger partial charge in [0.15, 0.2) is 0 Å². The minimum Gasteiger partial charge on any atom is -0.495 e. The summed E-state index contributed by atoms with van der Waals surface area (Å²) in [4.78, 5) is 12.9. The molecule has 0 saturated carbocycles. The van der Waals surface area contributed by atoms with E-state index in [9.17, 15) is 21.6 Å². The van der Waals surface area contributed by atoms with E-state index >= 15 is 0 Å². The van der Waals surface area contributed by atoms with Crippen molar-refractivity contribution >= 4 is 43.2 Å². The normalized spacial score (nSPS) is 15.6. The minimum absolute atomic E-state index is 0.0768. The molecule has 37 heavy (non-hydrogen) atoms. The minimum atomic E-state index is -3.87. The van der Waals surface area contributed by atoms with Crippen molar-refractivity contribution in [1.82, 2.24) is 9.62 Å². The Labute approximate surface area is 222 Å². The molecule has 2 aromatic rings. The molecule has 2 aromatic carbocycles. The lowest BCUT2D eigenvalue weighted by Crippen LogP contribution is -2.48. The lowest BCUT2D eigenvalue weighted by atomic mass is 10.2. The van der Waals surface area contributed by atoms with Gasteiger partial charge in [-0.05, 0) is 49.4 Å². The molecule has 1 N–H and O–H groups in total. The molecule has 0 aliphatic carbocycles. The number of carbonyl (C=O) groups is 1. The van der Waals surface area contributed by atoms with Crippen molar-refractivity contribution < 1.29 is 35.8 Å². The van der Waals surface area contributed by atoms with Gasteiger partial charge < -0.3 is 19.5 Å². The molecule has 1 heterocycles. The van der Waals surface area contributed by atoms with Crippen LogP contribution >= 0.6 is 11.6 Å². The van der Waals surface area contributed by atoms with Gasteiger partial charge in [-0.15, -0.1) is 0 Å². The number of hydrogen-bond donors (Lipinski definition) is 1. The average Bonchev–Trinajstić information content (AvgIpc) is 2.86. The molecule has 1 aliphatic heterocycles. The van der Waals surface area contributed by atoms with Gasteiger partial charge in [-0.2, -0.15) is 4.31 Å². The summed E-state index contributed by atoms with van der Waals surface area (Å²) in [5.74, 6) is 0.115. The van der Waals surface area contributed by atoms with Crippen LogP contribution < -0.4 is 19.1 Å². The Balaban J connectivity index is 1.58. The SMILES string of the molecule is COc1ccc(Cl)cc1N([C@H](C)C(=O)NCCOc1ccc(S(=O)(=O)N2CCOCC2)cc1)S(C)(=O)=O. The first-order chi connectivity index (χ1) is 17.4. The Morgan fingerprint density at radius 3 is 2.38 bits per heavy atom. The summed E-state index contributed by atoms with van der Waals surface area (Å²) in [5.41, 5.74) is 0.142. The van der Waals surface area contributed by atoms with Crippen LogP contribution in [0, 0.1) is 0 Å². The van der Waals surface area contributed by atoms with Gasteiger partial charge in [0.2, 0.25) is 26.0 Å². The molecule has 1 aliphatic rings. The number of anilines is 1. The molecular weight excluding hydrogens is 546 g/mol. The van der Waals surface area contributed by atoms with Gasteiger partial charge in [0, 0.05) is 18.1 Å². The third kappa shape index (κ3) is 7.26. The van der Waals surface area contributed by atoms with Crippen LogP contribution in [0.2, 0.25) is 5.02 Å². The zero-order chi connectivity index (χ0) is 27.2. The molecule has 0 aromatic heterocycles. The Bertz CT molecular complexity index is 1300. The molecule has 0 bridgehead atoms. The molecule has 11 nitrogen and oxygen atoms in total. The second kappa shape index (κ2) is 12.3. The van der Waals surface area contributed by atoms with Crippen LogP contribution in [0.15, 0.2) is 47.4 Å². The van der Waals surface area contributed by atoms with Gasteiger partial charge in [-0.25, -0.2) is 16.8 Å². The number of nitrogens with zero attached hydrogens (tertiary/aromatic N) is 2. The number of carbonyl (C=O) groups excluding carboxylic acids is 1. The second-order valence-corrected chi connectivity index (χ2v) is 12.4. The third-order valence-corrected chi connectivity index (χ3v) is 8.94. The molecule has 0 spiro atoms. The largest absolute Gasteiger partial charge is 0.495 e. The van der Waals surface area contributed by atoms with E-state index in [-0.39, 0.29) is 34.5 Å². The Kier molecular flexibility index (Phi) is 9.64. The maximum Gasteiger partial charge on any atom is 0.243 e. The van der Waals surface area contributed by atoms with Crippen molar-refractivity contribution in [2.75, 3.05) is 57.1 Å². The summed E-state index contributed by atoms with van der Waals surface area (Å²) in [6.45, 7) is 2.94. The van der Waals surface area contributed by atoms with Crippen LogP contribution in [0.5, 0.6) is 11.5 Å². The quantitative estimate of drug-likeness (QED) is 0.401. The standard InChI is InChI=1S/C23H30ClN3O8S2/c1-17(27(36(3,29)30)21-16-18(24)4-9-22(21)33-2)23(28)25-10-13-35-19-5-7-20(8-6-19)37(31,32)26-11-14-34-15-12-26/h4-9,16-17H,10-15H2,1-3H3,(H,25,28)/t17-/m1/s1. The lowest BCUT2D eigenvalue weighted by molar-refractivity contribution is -0.121. The van der Waals surface area contributed by atoms with Crippen molar-refractivity contribution in [3.05, 3.63) is 47.5 Å². The van der Waals surface area contributed by atoms with Crippen LogP contribution in [0.4, 0.5) is 5.69 Å². The number of sulfonamides is 2. The summed E-state index contributed by atoms with van der Waals surface area (Å²) >= 11 is 6.05. The molecule has 1 fully saturated rings. The maximum absolute atomic E-state index is 12.8. The molecule has 0 radical (unpaired) electrons. The fourth-order valence-electron chi connectivity index (χ4n) is 3.75. The first kappa shape index (κ1) is 29.0. The van der Waals surface area contributed by atoms with Gasteiger partial charge in [-0.1, -0.05) is 11.6 Å². The highest BCUT2D eigenvalue weighted by Crippen LogP contribution is 2.34. The van der Waals surface area contributed by atoms with Crippen LogP contribution in [-0.2, 0) is 29.6 Å². The van der Waals surface area contributed by atoms with Gasteiger partial charge in [0.05, 0.1) is 43.7 Å². The molecule has 1 atom stereocenters. The summed E-state index contributed by atoms with van der Waals surface area (Å²) in [6.07, 6.45) is 0.989. The lowest BCUT2D eigenvalue weighted by Gasteiger charge is -2.29. The summed E-state index contributed by atoms with van der Waals surface area (Å²) in [5, 5.41) is 2.93. The van der Waals surface area contributed by atoms with Crippen molar-refractivity contribution in [3.8, 4) is 11.5 Å². The number of halogens is 1. The van der Waals surface area contributed by atoms with Gasteiger partial charge >= 0.3 is 0 Å². The number of hydrogen-bond acceptors (Lipinski definition) is 8. The topological polar surface area (TPSA) is 132 Å². The highest BCUT2D eigenvalue weighted by molar-refractivity contribution is 7.92. The molecule has 0 unspecified atom stereocenters. The van der Waals surface area contributed by atoms with Crippen molar-refractivity contribution in [2.24, 2.45) is 0 Å². The van der Waals surface area contributed by atoms with Crippen molar-refractivity contribution in [1.29, 1.82) is 0 Å². The number of ether oxygens (including phenoxy) is 3. The molecule has 1 amide bonds. The van der Waals surface area contributed by atoms with E-state index < -0.39 is 32.0 Å². The van der Waals surface area contributed by atoms with Crippen LogP contribution in [0.1, 0.15) is 6.92 Å². The number of rotatable bonds is 11. The van der Waals surface area contributed by atoms with Gasteiger partial charge in [0.1, 0.15) is 24.1 Å². The van der Waals surface area contributed by atoms with E-state index in [0.29, 0.717) is 32.1 Å². The number of amides is 1. The number of morpholine rings is 1. The number of nitrogens with one attached hydrogen (secondary N) is 1. The van der Waals surface area contributed by atoms with Crippen LogP contribution in [0.25, 0.3) is 0 Å². The van der Waals surface area contributed by atoms with E-state index in [1.807, 2.05) is 0 Å². The summed E-state index contributed by atoms with van der Waals surface area (Å²) < 4.78 is 68.9. The smallest absolute Gasteiger partial charge is 0.243 e. The Morgan fingerprint density at radius 2 is 1.78 bits per heavy atom. The van der Waals surface area contributed by atoms with E-state index in [2.05, 4.69) is 5.32 Å². The molecule has 14 heteroatoms. The van der Waals surface area contributed by atoms with Crippen LogP contribution in [0.3, 0.4) is 0 Å². The number of benzene rings is 2. The monoisotopic (exact) mass is 575 g/mol. The summed E-state index contributed by atoms with van der Waals surface area (Å²) in [7, 11) is -6.08.